The number of aliphatic imine (C=N–C) groups is 1. The number of rotatable bonds is 3. The molecule has 0 spiro atoms. The fraction of sp³-hybridized carbons (Fsp3) is 0.312. The van der Waals surface area contributed by atoms with Crippen molar-refractivity contribution >= 4 is 45.3 Å². The van der Waals surface area contributed by atoms with Crippen LogP contribution in [0.2, 0.25) is 0 Å². The van der Waals surface area contributed by atoms with Gasteiger partial charge in [0.2, 0.25) is 5.91 Å². The highest BCUT2D eigenvalue weighted by molar-refractivity contribution is 7.17. The highest BCUT2D eigenvalue weighted by Gasteiger charge is 2.31. The molecule has 5 nitrogen and oxygen atoms in total. The molecule has 3 rings (SSSR count). The summed E-state index contributed by atoms with van der Waals surface area (Å²) >= 11 is 3.11. The van der Waals surface area contributed by atoms with Gasteiger partial charge in [-0.3, -0.25) is 19.5 Å². The summed E-state index contributed by atoms with van der Waals surface area (Å²) < 4.78 is 4.73. The molecule has 0 aliphatic carbocycles. The lowest BCUT2D eigenvalue weighted by Crippen LogP contribution is -2.37. The summed E-state index contributed by atoms with van der Waals surface area (Å²) in [6.07, 6.45) is 0. The Hall–Kier alpha value is -1.99. The van der Waals surface area contributed by atoms with E-state index >= 15 is 0 Å². The first kappa shape index (κ1) is 15.9. The molecule has 1 amide bonds. The van der Waals surface area contributed by atoms with Crippen molar-refractivity contribution in [2.45, 2.75) is 13.8 Å². The molecule has 1 aliphatic heterocycles. The minimum absolute atomic E-state index is 0.0319. The molecule has 120 valence electrons. The van der Waals surface area contributed by atoms with Crippen molar-refractivity contribution in [2.24, 2.45) is 4.99 Å². The monoisotopic (exact) mass is 348 g/mol. The van der Waals surface area contributed by atoms with Gasteiger partial charge in [-0.15, -0.1) is 22.7 Å². The van der Waals surface area contributed by atoms with Crippen LogP contribution in [0.25, 0.3) is 0 Å². The number of carbonyl (C=O) groups excluding carboxylic acids is 2. The standard InChI is InChI=1S/C16H16N2O3S2/c1-9-10(2)23-16-14(9)15(11-5-4-6-22-11)17-7-12(19)18(16)8-13(20)21-3/h4-6H,7-8H2,1-3H3. The number of amides is 1. The number of nitrogens with zero attached hydrogens (tertiary/aromatic N) is 2. The maximum atomic E-state index is 12.5. The van der Waals surface area contributed by atoms with E-state index in [2.05, 4.69) is 4.99 Å². The van der Waals surface area contributed by atoms with Crippen molar-refractivity contribution in [1.82, 2.24) is 0 Å². The van der Waals surface area contributed by atoms with E-state index in [-0.39, 0.29) is 19.0 Å². The third-order valence-corrected chi connectivity index (χ3v) is 5.90. The number of hydrogen-bond acceptors (Lipinski definition) is 6. The molecular formula is C16H16N2O3S2. The van der Waals surface area contributed by atoms with Gasteiger partial charge in [-0.25, -0.2) is 0 Å². The molecule has 0 saturated carbocycles. The van der Waals surface area contributed by atoms with Crippen LogP contribution in [-0.2, 0) is 14.3 Å². The Morgan fingerprint density at radius 3 is 2.87 bits per heavy atom. The number of hydrogen-bond donors (Lipinski definition) is 0. The Kier molecular flexibility index (Phi) is 4.32. The molecule has 7 heteroatoms. The summed E-state index contributed by atoms with van der Waals surface area (Å²) in [5.74, 6) is -0.628. The summed E-state index contributed by atoms with van der Waals surface area (Å²) in [6.45, 7) is 3.99. The van der Waals surface area contributed by atoms with Crippen LogP contribution in [-0.4, -0.2) is 37.8 Å². The molecular weight excluding hydrogens is 332 g/mol. The quantitative estimate of drug-likeness (QED) is 0.802. The lowest BCUT2D eigenvalue weighted by molar-refractivity contribution is -0.139. The number of ether oxygens (including phenoxy) is 1. The topological polar surface area (TPSA) is 59.0 Å². The van der Waals surface area contributed by atoms with Crippen LogP contribution in [0.4, 0.5) is 5.00 Å². The van der Waals surface area contributed by atoms with E-state index in [0.29, 0.717) is 0 Å². The zero-order valence-electron chi connectivity index (χ0n) is 13.1. The van der Waals surface area contributed by atoms with Gasteiger partial charge in [0.1, 0.15) is 18.1 Å². The molecule has 0 saturated heterocycles. The van der Waals surface area contributed by atoms with Gasteiger partial charge in [0.05, 0.1) is 17.7 Å². The van der Waals surface area contributed by atoms with E-state index in [4.69, 9.17) is 4.74 Å². The van der Waals surface area contributed by atoms with Crippen LogP contribution >= 0.6 is 22.7 Å². The first-order valence-electron chi connectivity index (χ1n) is 7.08. The number of fused-ring (bicyclic) bond motifs is 1. The van der Waals surface area contributed by atoms with E-state index in [1.807, 2.05) is 31.4 Å². The van der Waals surface area contributed by atoms with Gasteiger partial charge in [-0.2, -0.15) is 0 Å². The molecule has 23 heavy (non-hydrogen) atoms. The number of carbonyl (C=O) groups is 2. The molecule has 3 heterocycles. The second kappa shape index (κ2) is 6.25. The zero-order valence-corrected chi connectivity index (χ0v) is 14.7. The van der Waals surface area contributed by atoms with E-state index in [9.17, 15) is 9.59 Å². The van der Waals surface area contributed by atoms with Crippen LogP contribution in [0, 0.1) is 13.8 Å². The summed E-state index contributed by atoms with van der Waals surface area (Å²) in [6, 6.07) is 3.97. The van der Waals surface area contributed by atoms with Gasteiger partial charge >= 0.3 is 5.97 Å². The molecule has 2 aromatic rings. The third-order valence-electron chi connectivity index (χ3n) is 3.79. The summed E-state index contributed by atoms with van der Waals surface area (Å²) in [4.78, 5) is 32.4. The van der Waals surface area contributed by atoms with E-state index in [1.165, 1.54) is 23.3 Å². The van der Waals surface area contributed by atoms with Crippen molar-refractivity contribution in [2.75, 3.05) is 25.1 Å². The van der Waals surface area contributed by atoms with E-state index in [0.717, 1.165) is 31.6 Å². The number of esters is 1. The fourth-order valence-electron chi connectivity index (χ4n) is 2.47. The Labute approximate surface area is 142 Å². The second-order valence-electron chi connectivity index (χ2n) is 5.16. The Morgan fingerprint density at radius 1 is 1.43 bits per heavy atom. The van der Waals surface area contributed by atoms with Crippen molar-refractivity contribution in [1.29, 1.82) is 0 Å². The highest BCUT2D eigenvalue weighted by Crippen LogP contribution is 2.39. The Morgan fingerprint density at radius 2 is 2.22 bits per heavy atom. The maximum absolute atomic E-state index is 12.5. The maximum Gasteiger partial charge on any atom is 0.325 e. The molecule has 1 aliphatic rings. The first-order chi connectivity index (χ1) is 11.0. The predicted octanol–water partition coefficient (Wildman–Crippen LogP) is 2.78. The second-order valence-corrected chi connectivity index (χ2v) is 7.31. The zero-order chi connectivity index (χ0) is 16.6. The van der Waals surface area contributed by atoms with Crippen LogP contribution in [0.15, 0.2) is 22.5 Å². The SMILES string of the molecule is COC(=O)CN1C(=O)CN=C(c2cccs2)c2c1sc(C)c2C. The lowest BCUT2D eigenvalue weighted by Gasteiger charge is -2.18. The van der Waals surface area contributed by atoms with Gasteiger partial charge in [0, 0.05) is 10.4 Å². The summed E-state index contributed by atoms with van der Waals surface area (Å²) in [5, 5.41) is 2.77. The van der Waals surface area contributed by atoms with Crippen molar-refractivity contribution in [3.05, 3.63) is 38.4 Å². The fourth-order valence-corrected chi connectivity index (χ4v) is 4.38. The van der Waals surface area contributed by atoms with Crippen LogP contribution < -0.4 is 4.90 Å². The van der Waals surface area contributed by atoms with Crippen LogP contribution in [0.5, 0.6) is 0 Å². The lowest BCUT2D eigenvalue weighted by atomic mass is 10.1. The highest BCUT2D eigenvalue weighted by atomic mass is 32.1. The van der Waals surface area contributed by atoms with Gasteiger partial charge in [0.15, 0.2) is 0 Å². The van der Waals surface area contributed by atoms with Gasteiger partial charge in [-0.05, 0) is 30.9 Å². The van der Waals surface area contributed by atoms with Crippen LogP contribution in [0.3, 0.4) is 0 Å². The summed E-state index contributed by atoms with van der Waals surface area (Å²) in [5.41, 5.74) is 2.88. The van der Waals surface area contributed by atoms with E-state index < -0.39 is 5.97 Å². The minimum Gasteiger partial charge on any atom is -0.468 e. The number of anilines is 1. The molecule has 2 aromatic heterocycles. The van der Waals surface area contributed by atoms with Crippen molar-refractivity contribution in [3.63, 3.8) is 0 Å². The molecule has 0 bridgehead atoms. The minimum atomic E-state index is -0.437. The first-order valence-corrected chi connectivity index (χ1v) is 8.78. The van der Waals surface area contributed by atoms with Crippen LogP contribution in [0.1, 0.15) is 20.9 Å². The van der Waals surface area contributed by atoms with Gasteiger partial charge in [-0.1, -0.05) is 6.07 Å². The average molecular weight is 348 g/mol. The van der Waals surface area contributed by atoms with Crippen molar-refractivity contribution < 1.29 is 14.3 Å². The number of aryl methyl sites for hydroxylation is 1. The summed E-state index contributed by atoms with van der Waals surface area (Å²) in [7, 11) is 1.32. The smallest absolute Gasteiger partial charge is 0.325 e. The predicted molar refractivity (Wildman–Crippen MR) is 93.0 cm³/mol. The number of thiophene rings is 2. The normalized spacial score (nSPS) is 14.3. The Balaban J connectivity index is 2.15. The Bertz CT molecular complexity index is 791. The average Bonchev–Trinajstić information content (AvgIpc) is 3.13. The third kappa shape index (κ3) is 2.82. The van der Waals surface area contributed by atoms with Gasteiger partial charge in [0.25, 0.3) is 0 Å². The molecule has 0 unspecified atom stereocenters. The molecule has 0 fully saturated rings. The van der Waals surface area contributed by atoms with Crippen molar-refractivity contribution in [3.8, 4) is 0 Å². The molecule has 0 aromatic carbocycles. The molecule has 0 N–H and O–H groups in total. The number of methoxy groups -OCH3 is 1. The largest absolute Gasteiger partial charge is 0.468 e. The van der Waals surface area contributed by atoms with E-state index in [1.54, 1.807) is 11.3 Å². The molecule has 0 radical (unpaired) electrons. The van der Waals surface area contributed by atoms with Gasteiger partial charge < -0.3 is 4.74 Å². The molecule has 0 atom stereocenters.